The Labute approximate surface area is 157 Å². The van der Waals surface area contributed by atoms with Gasteiger partial charge in [0.1, 0.15) is 15.4 Å². The molecule has 0 spiro atoms. The molecule has 0 saturated heterocycles. The minimum absolute atomic E-state index is 0.0790. The van der Waals surface area contributed by atoms with Gasteiger partial charge in [0, 0.05) is 24.5 Å². The number of aryl methyl sites for hydroxylation is 3. The van der Waals surface area contributed by atoms with E-state index < -0.39 is 12.3 Å². The van der Waals surface area contributed by atoms with E-state index in [4.69, 9.17) is 5.73 Å². The fourth-order valence-electron chi connectivity index (χ4n) is 2.72. The zero-order chi connectivity index (χ0) is 19.7. The van der Waals surface area contributed by atoms with Crippen molar-refractivity contribution in [2.24, 2.45) is 5.73 Å². The largest absolute Gasteiger partial charge is 0.365 e. The number of carbonyl (C=O) groups is 2. The van der Waals surface area contributed by atoms with Crippen molar-refractivity contribution in [2.75, 3.05) is 5.32 Å². The van der Waals surface area contributed by atoms with E-state index in [-0.39, 0.29) is 33.4 Å². The Morgan fingerprint density at radius 2 is 2.11 bits per heavy atom. The first kappa shape index (κ1) is 18.9. The molecule has 3 aromatic rings. The average molecular weight is 393 g/mol. The van der Waals surface area contributed by atoms with Gasteiger partial charge in [0.2, 0.25) is 5.91 Å². The van der Waals surface area contributed by atoms with E-state index in [0.29, 0.717) is 17.5 Å². The molecule has 0 aliphatic rings. The Morgan fingerprint density at radius 1 is 1.37 bits per heavy atom. The minimum atomic E-state index is -2.73. The lowest BCUT2D eigenvalue weighted by Crippen LogP contribution is -2.18. The van der Waals surface area contributed by atoms with Crippen molar-refractivity contribution in [3.8, 4) is 0 Å². The molecule has 27 heavy (non-hydrogen) atoms. The number of rotatable bonds is 6. The van der Waals surface area contributed by atoms with Gasteiger partial charge in [-0.3, -0.25) is 14.3 Å². The van der Waals surface area contributed by atoms with Crippen molar-refractivity contribution in [3.63, 3.8) is 0 Å². The number of carbonyl (C=O) groups excluding carboxylic acids is 2. The van der Waals surface area contributed by atoms with E-state index in [2.05, 4.69) is 15.4 Å². The summed E-state index contributed by atoms with van der Waals surface area (Å²) in [5.41, 5.74) is 6.69. The number of halogens is 2. The number of hydrogen-bond acceptors (Lipinski definition) is 5. The monoisotopic (exact) mass is 393 g/mol. The van der Waals surface area contributed by atoms with Gasteiger partial charge < -0.3 is 11.1 Å². The van der Waals surface area contributed by atoms with Gasteiger partial charge in [-0.15, -0.1) is 11.3 Å². The summed E-state index contributed by atoms with van der Waals surface area (Å²) in [6.45, 7) is 3.87. The zero-order valence-electron chi connectivity index (χ0n) is 14.6. The van der Waals surface area contributed by atoms with Crippen LogP contribution in [-0.4, -0.2) is 26.6 Å². The van der Waals surface area contributed by atoms with Crippen LogP contribution in [0.15, 0.2) is 18.5 Å². The SMILES string of the molecule is Cc1cnn(CCC(=O)Nc2c(C(N)=O)sc3nc(C(F)F)cc(C)c23)c1. The normalized spacial score (nSPS) is 11.3. The molecule has 0 aliphatic carbocycles. The summed E-state index contributed by atoms with van der Waals surface area (Å²) in [4.78, 5) is 28.3. The molecule has 2 amide bonds. The highest BCUT2D eigenvalue weighted by molar-refractivity contribution is 7.21. The van der Waals surface area contributed by atoms with Gasteiger partial charge in [-0.1, -0.05) is 0 Å². The number of fused-ring (bicyclic) bond motifs is 1. The van der Waals surface area contributed by atoms with Crippen LogP contribution < -0.4 is 11.1 Å². The molecule has 0 radical (unpaired) electrons. The summed E-state index contributed by atoms with van der Waals surface area (Å²) in [6, 6.07) is 1.24. The van der Waals surface area contributed by atoms with Crippen LogP contribution in [-0.2, 0) is 11.3 Å². The van der Waals surface area contributed by atoms with Gasteiger partial charge in [0.25, 0.3) is 12.3 Å². The molecule has 3 aromatic heterocycles. The molecule has 7 nitrogen and oxygen atoms in total. The molecule has 142 valence electrons. The first-order valence-corrected chi connectivity index (χ1v) is 8.88. The van der Waals surface area contributed by atoms with Gasteiger partial charge in [-0.05, 0) is 31.0 Å². The number of hydrogen-bond donors (Lipinski definition) is 2. The molecule has 10 heteroatoms. The molecule has 3 N–H and O–H groups in total. The quantitative estimate of drug-likeness (QED) is 0.671. The van der Waals surface area contributed by atoms with E-state index in [1.165, 1.54) is 6.07 Å². The number of pyridine rings is 1. The maximum absolute atomic E-state index is 13.0. The molecular weight excluding hydrogens is 376 g/mol. The third-order valence-corrected chi connectivity index (χ3v) is 5.02. The van der Waals surface area contributed by atoms with Gasteiger partial charge in [-0.2, -0.15) is 5.10 Å². The van der Waals surface area contributed by atoms with Crippen LogP contribution >= 0.6 is 11.3 Å². The highest BCUT2D eigenvalue weighted by Crippen LogP contribution is 2.38. The minimum Gasteiger partial charge on any atom is -0.365 e. The van der Waals surface area contributed by atoms with Crippen LogP contribution in [0.1, 0.15) is 39.3 Å². The number of amides is 2. The van der Waals surface area contributed by atoms with Crippen molar-refractivity contribution in [1.29, 1.82) is 0 Å². The molecular formula is C17H17F2N5O2S. The molecule has 0 aromatic carbocycles. The third kappa shape index (κ3) is 3.95. The summed E-state index contributed by atoms with van der Waals surface area (Å²) in [5, 5.41) is 7.23. The summed E-state index contributed by atoms with van der Waals surface area (Å²) in [7, 11) is 0. The Hall–Kier alpha value is -2.88. The second kappa shape index (κ2) is 7.39. The van der Waals surface area contributed by atoms with Crippen LogP contribution in [0.25, 0.3) is 10.2 Å². The van der Waals surface area contributed by atoms with Gasteiger partial charge in [0.15, 0.2) is 0 Å². The Balaban J connectivity index is 1.90. The van der Waals surface area contributed by atoms with Crippen molar-refractivity contribution < 1.29 is 18.4 Å². The summed E-state index contributed by atoms with van der Waals surface area (Å²) in [6.07, 6.45) is 0.883. The smallest absolute Gasteiger partial charge is 0.280 e. The zero-order valence-corrected chi connectivity index (χ0v) is 15.4. The van der Waals surface area contributed by atoms with E-state index in [1.807, 2.05) is 13.1 Å². The highest BCUT2D eigenvalue weighted by atomic mass is 32.1. The lowest BCUT2D eigenvalue weighted by molar-refractivity contribution is -0.116. The number of nitrogens with two attached hydrogens (primary N) is 1. The maximum atomic E-state index is 13.0. The topological polar surface area (TPSA) is 103 Å². The fourth-order valence-corrected chi connectivity index (χ4v) is 3.78. The third-order valence-electron chi connectivity index (χ3n) is 3.92. The van der Waals surface area contributed by atoms with Gasteiger partial charge in [-0.25, -0.2) is 13.8 Å². The molecule has 0 saturated carbocycles. The molecule has 0 bridgehead atoms. The summed E-state index contributed by atoms with van der Waals surface area (Å²) >= 11 is 0.886. The number of nitrogens with one attached hydrogen (secondary N) is 1. The molecule has 3 rings (SSSR count). The van der Waals surface area contributed by atoms with E-state index in [0.717, 1.165) is 16.9 Å². The lowest BCUT2D eigenvalue weighted by atomic mass is 10.1. The van der Waals surface area contributed by atoms with Crippen molar-refractivity contribution >= 4 is 39.1 Å². The second-order valence-corrected chi connectivity index (χ2v) is 7.09. The van der Waals surface area contributed by atoms with Crippen LogP contribution in [0, 0.1) is 13.8 Å². The van der Waals surface area contributed by atoms with Crippen LogP contribution in [0.3, 0.4) is 0 Å². The predicted octanol–water partition coefficient (Wildman–Crippen LogP) is 3.17. The predicted molar refractivity (Wildman–Crippen MR) is 98.0 cm³/mol. The number of nitrogens with zero attached hydrogens (tertiary/aromatic N) is 3. The number of aromatic nitrogens is 3. The first-order chi connectivity index (χ1) is 12.8. The standard InChI is InChI=1S/C17H17F2N5O2S/c1-8-6-21-24(7-8)4-3-11(25)23-13-12-9(2)5-10(15(18)19)22-17(12)27-14(13)16(20)26/h5-7,15H,3-4H2,1-2H3,(H2,20,26)(H,23,25). The lowest BCUT2D eigenvalue weighted by Gasteiger charge is -2.08. The Kier molecular flexibility index (Phi) is 5.17. The maximum Gasteiger partial charge on any atom is 0.280 e. The van der Waals surface area contributed by atoms with Crippen LogP contribution in [0.2, 0.25) is 0 Å². The number of alkyl halides is 2. The van der Waals surface area contributed by atoms with Crippen molar-refractivity contribution in [2.45, 2.75) is 33.2 Å². The molecule has 3 heterocycles. The van der Waals surface area contributed by atoms with Crippen molar-refractivity contribution in [1.82, 2.24) is 14.8 Å². The average Bonchev–Trinajstić information content (AvgIpc) is 3.17. The fraction of sp³-hybridized carbons (Fsp3) is 0.294. The van der Waals surface area contributed by atoms with Crippen LogP contribution in [0.5, 0.6) is 0 Å². The van der Waals surface area contributed by atoms with Gasteiger partial charge in [0.05, 0.1) is 11.9 Å². The molecule has 0 atom stereocenters. The van der Waals surface area contributed by atoms with E-state index in [1.54, 1.807) is 17.8 Å². The molecule has 0 fully saturated rings. The molecule has 0 unspecified atom stereocenters. The summed E-state index contributed by atoms with van der Waals surface area (Å²) in [5.74, 6) is -1.10. The van der Waals surface area contributed by atoms with Gasteiger partial charge >= 0.3 is 0 Å². The highest BCUT2D eigenvalue weighted by Gasteiger charge is 2.23. The Morgan fingerprint density at radius 3 is 2.70 bits per heavy atom. The number of anilines is 1. The Bertz CT molecular complexity index is 1030. The summed E-state index contributed by atoms with van der Waals surface area (Å²) < 4.78 is 27.6. The number of thiophene rings is 1. The van der Waals surface area contributed by atoms with Crippen molar-refractivity contribution in [3.05, 3.63) is 40.2 Å². The van der Waals surface area contributed by atoms with Crippen LogP contribution in [0.4, 0.5) is 14.5 Å². The first-order valence-electron chi connectivity index (χ1n) is 8.07. The second-order valence-electron chi connectivity index (χ2n) is 6.09. The molecule has 0 aliphatic heterocycles. The van der Waals surface area contributed by atoms with E-state index >= 15 is 0 Å². The van der Waals surface area contributed by atoms with E-state index in [9.17, 15) is 18.4 Å². The number of primary amides is 1.